The number of anilines is 1. The van der Waals surface area contributed by atoms with Crippen LogP contribution >= 0.6 is 0 Å². The third kappa shape index (κ3) is 4.67. The number of nitrogens with zero attached hydrogens (tertiary/aromatic N) is 3. The lowest BCUT2D eigenvalue weighted by molar-refractivity contribution is -0.146. The van der Waals surface area contributed by atoms with E-state index < -0.39 is 0 Å². The first-order valence-electron chi connectivity index (χ1n) is 10.7. The minimum Gasteiger partial charge on any atom is -0.377 e. The largest absolute Gasteiger partial charge is 0.377 e. The van der Waals surface area contributed by atoms with Gasteiger partial charge in [-0.1, -0.05) is 12.1 Å². The summed E-state index contributed by atoms with van der Waals surface area (Å²) in [6.07, 6.45) is 2.88. The van der Waals surface area contributed by atoms with Gasteiger partial charge in [-0.2, -0.15) is 0 Å². The summed E-state index contributed by atoms with van der Waals surface area (Å²) in [6.45, 7) is 9.83. The van der Waals surface area contributed by atoms with E-state index in [4.69, 9.17) is 9.47 Å². The molecule has 6 nitrogen and oxygen atoms in total. The molecule has 154 valence electrons. The summed E-state index contributed by atoms with van der Waals surface area (Å²) in [5, 5.41) is 0. The Morgan fingerprint density at radius 1 is 1.14 bits per heavy atom. The Labute approximate surface area is 168 Å². The number of carbonyl (C=O) groups is 1. The molecule has 0 spiro atoms. The molecule has 0 N–H and O–H groups in total. The monoisotopic (exact) mass is 387 g/mol. The molecule has 2 unspecified atom stereocenters. The fourth-order valence-corrected chi connectivity index (χ4v) is 4.60. The van der Waals surface area contributed by atoms with Crippen molar-refractivity contribution in [1.29, 1.82) is 0 Å². The first-order valence-corrected chi connectivity index (χ1v) is 10.7. The Morgan fingerprint density at radius 3 is 2.75 bits per heavy atom. The van der Waals surface area contributed by atoms with Crippen molar-refractivity contribution in [2.75, 3.05) is 64.0 Å². The van der Waals surface area contributed by atoms with Crippen LogP contribution in [0.2, 0.25) is 0 Å². The molecule has 3 heterocycles. The maximum Gasteiger partial charge on any atom is 0.224 e. The highest BCUT2D eigenvalue weighted by Gasteiger charge is 2.35. The zero-order valence-corrected chi connectivity index (χ0v) is 17.0. The van der Waals surface area contributed by atoms with Gasteiger partial charge in [0, 0.05) is 58.0 Å². The molecule has 0 bridgehead atoms. The van der Waals surface area contributed by atoms with E-state index in [9.17, 15) is 4.79 Å². The molecule has 0 saturated carbocycles. The van der Waals surface area contributed by atoms with E-state index in [1.54, 1.807) is 0 Å². The summed E-state index contributed by atoms with van der Waals surface area (Å²) in [5.74, 6) is 0.255. The normalized spacial score (nSPS) is 26.6. The summed E-state index contributed by atoms with van der Waals surface area (Å²) in [5.41, 5.74) is 2.61. The number of amides is 1. The number of hydrogen-bond acceptors (Lipinski definition) is 5. The number of rotatable bonds is 5. The van der Waals surface area contributed by atoms with Crippen LogP contribution in [-0.4, -0.2) is 86.9 Å². The van der Waals surface area contributed by atoms with Gasteiger partial charge in [-0.05, 0) is 37.5 Å². The third-order valence-electron chi connectivity index (χ3n) is 6.26. The summed E-state index contributed by atoms with van der Waals surface area (Å²) < 4.78 is 11.5. The van der Waals surface area contributed by atoms with Crippen molar-refractivity contribution < 1.29 is 14.3 Å². The zero-order chi connectivity index (χ0) is 19.3. The molecule has 3 aliphatic rings. The number of aryl methyl sites for hydroxylation is 1. The van der Waals surface area contributed by atoms with Crippen LogP contribution in [0.5, 0.6) is 0 Å². The van der Waals surface area contributed by atoms with Crippen molar-refractivity contribution in [2.24, 2.45) is 0 Å². The van der Waals surface area contributed by atoms with E-state index in [1.165, 1.54) is 11.3 Å². The number of carbonyl (C=O) groups excluding carboxylic acids is 1. The summed E-state index contributed by atoms with van der Waals surface area (Å²) in [7, 11) is 0. The zero-order valence-electron chi connectivity index (χ0n) is 17.0. The molecule has 1 amide bonds. The number of morpholine rings is 1. The van der Waals surface area contributed by atoms with Crippen LogP contribution in [0, 0.1) is 6.92 Å². The van der Waals surface area contributed by atoms with Gasteiger partial charge in [-0.25, -0.2) is 0 Å². The van der Waals surface area contributed by atoms with Gasteiger partial charge in [0.15, 0.2) is 0 Å². The quantitative estimate of drug-likeness (QED) is 0.772. The summed E-state index contributed by atoms with van der Waals surface area (Å²) in [6, 6.07) is 8.81. The minimum absolute atomic E-state index is 0.0990. The highest BCUT2D eigenvalue weighted by molar-refractivity contribution is 5.77. The second kappa shape index (κ2) is 9.25. The number of hydrogen-bond donors (Lipinski definition) is 0. The SMILES string of the molecule is Cc1cccc(N2CCN(CCC(=O)N3CCOCC3C3CCCO3)CC2)c1. The second-order valence-electron chi connectivity index (χ2n) is 8.20. The molecule has 3 aliphatic heterocycles. The first-order chi connectivity index (χ1) is 13.7. The van der Waals surface area contributed by atoms with Gasteiger partial charge in [-0.15, -0.1) is 0 Å². The predicted molar refractivity (Wildman–Crippen MR) is 110 cm³/mol. The van der Waals surface area contributed by atoms with Crippen LogP contribution in [0.3, 0.4) is 0 Å². The van der Waals surface area contributed by atoms with E-state index in [1.807, 2.05) is 4.90 Å². The average Bonchev–Trinajstić information content (AvgIpc) is 3.27. The fraction of sp³-hybridized carbons (Fsp3) is 0.682. The number of ether oxygens (including phenoxy) is 2. The molecule has 0 aliphatic carbocycles. The molecule has 28 heavy (non-hydrogen) atoms. The standard InChI is InChI=1S/C22H33N3O3/c1-18-4-2-5-19(16-18)24-11-9-23(10-12-24)8-7-22(26)25-13-15-27-17-20(25)21-6-3-14-28-21/h2,4-5,16,20-21H,3,6-15,17H2,1H3. The fourth-order valence-electron chi connectivity index (χ4n) is 4.60. The molecule has 4 rings (SSSR count). The van der Waals surface area contributed by atoms with Crippen molar-refractivity contribution in [3.8, 4) is 0 Å². The highest BCUT2D eigenvalue weighted by Crippen LogP contribution is 2.23. The molecule has 3 saturated heterocycles. The van der Waals surface area contributed by atoms with Crippen molar-refractivity contribution in [3.63, 3.8) is 0 Å². The maximum absolute atomic E-state index is 12.9. The third-order valence-corrected chi connectivity index (χ3v) is 6.26. The van der Waals surface area contributed by atoms with Gasteiger partial charge >= 0.3 is 0 Å². The minimum atomic E-state index is 0.0990. The van der Waals surface area contributed by atoms with Crippen LogP contribution < -0.4 is 4.90 Å². The topological polar surface area (TPSA) is 45.2 Å². The molecule has 3 fully saturated rings. The molecule has 2 atom stereocenters. The maximum atomic E-state index is 12.9. The summed E-state index contributed by atoms with van der Waals surface area (Å²) >= 11 is 0. The molecule has 0 aromatic heterocycles. The van der Waals surface area contributed by atoms with Gasteiger partial charge in [0.05, 0.1) is 25.4 Å². The first kappa shape index (κ1) is 19.7. The predicted octanol–water partition coefficient (Wildman–Crippen LogP) is 1.91. The average molecular weight is 388 g/mol. The lowest BCUT2D eigenvalue weighted by Crippen LogP contribution is -2.54. The van der Waals surface area contributed by atoms with Crippen molar-refractivity contribution in [3.05, 3.63) is 29.8 Å². The Hall–Kier alpha value is -1.63. The van der Waals surface area contributed by atoms with Crippen molar-refractivity contribution >= 4 is 11.6 Å². The molecule has 0 radical (unpaired) electrons. The Kier molecular flexibility index (Phi) is 6.50. The molecular formula is C22H33N3O3. The van der Waals surface area contributed by atoms with Gasteiger partial charge in [0.25, 0.3) is 0 Å². The van der Waals surface area contributed by atoms with Crippen molar-refractivity contribution in [2.45, 2.75) is 38.3 Å². The Bertz CT molecular complexity index is 654. The van der Waals surface area contributed by atoms with Crippen LogP contribution in [0.1, 0.15) is 24.8 Å². The molecule has 6 heteroatoms. The Morgan fingerprint density at radius 2 is 2.00 bits per heavy atom. The number of benzene rings is 1. The van der Waals surface area contributed by atoms with E-state index in [2.05, 4.69) is 41.0 Å². The smallest absolute Gasteiger partial charge is 0.224 e. The van der Waals surface area contributed by atoms with E-state index in [0.29, 0.717) is 26.2 Å². The van der Waals surface area contributed by atoms with Crippen LogP contribution in [-0.2, 0) is 14.3 Å². The second-order valence-corrected chi connectivity index (χ2v) is 8.20. The highest BCUT2D eigenvalue weighted by atomic mass is 16.5. The lowest BCUT2D eigenvalue weighted by atomic mass is 10.1. The van der Waals surface area contributed by atoms with E-state index in [0.717, 1.165) is 52.2 Å². The molecule has 1 aromatic rings. The number of piperazine rings is 1. The summed E-state index contributed by atoms with van der Waals surface area (Å²) in [4.78, 5) is 19.8. The van der Waals surface area contributed by atoms with Gasteiger partial charge in [0.1, 0.15) is 0 Å². The van der Waals surface area contributed by atoms with Crippen LogP contribution in [0.4, 0.5) is 5.69 Å². The van der Waals surface area contributed by atoms with E-state index in [-0.39, 0.29) is 18.1 Å². The van der Waals surface area contributed by atoms with Gasteiger partial charge in [0.2, 0.25) is 5.91 Å². The van der Waals surface area contributed by atoms with E-state index >= 15 is 0 Å². The van der Waals surface area contributed by atoms with Crippen molar-refractivity contribution in [1.82, 2.24) is 9.80 Å². The molecule has 1 aromatic carbocycles. The Balaban J connectivity index is 1.25. The van der Waals surface area contributed by atoms with Gasteiger partial charge < -0.3 is 19.3 Å². The van der Waals surface area contributed by atoms with Crippen LogP contribution in [0.25, 0.3) is 0 Å². The lowest BCUT2D eigenvalue weighted by Gasteiger charge is -2.39. The van der Waals surface area contributed by atoms with Gasteiger partial charge in [-0.3, -0.25) is 9.69 Å². The molecular weight excluding hydrogens is 354 g/mol. The van der Waals surface area contributed by atoms with Crippen LogP contribution in [0.15, 0.2) is 24.3 Å².